The lowest BCUT2D eigenvalue weighted by Gasteiger charge is -2.10. The zero-order valence-corrected chi connectivity index (χ0v) is 10.6. The molecule has 1 aromatic carbocycles. The molecule has 1 atom stereocenters. The van der Waals surface area contributed by atoms with Gasteiger partial charge in [0.1, 0.15) is 6.04 Å². The number of nitrogens with two attached hydrogens (primary N) is 1. The van der Waals surface area contributed by atoms with Crippen LogP contribution in [0.4, 0.5) is 11.4 Å². The molecule has 9 nitrogen and oxygen atoms in total. The summed E-state index contributed by atoms with van der Waals surface area (Å²) in [6.45, 7) is 1.77. The number of carbonyl (C=O) groups is 1. The normalized spacial score (nSPS) is 11.7. The lowest BCUT2D eigenvalue weighted by Crippen LogP contribution is -2.34. The Hall–Kier alpha value is -2.55. The second-order valence-corrected chi connectivity index (χ2v) is 3.93. The highest BCUT2D eigenvalue weighted by Crippen LogP contribution is 2.23. The summed E-state index contributed by atoms with van der Waals surface area (Å²) in [4.78, 5) is 31.3. The minimum absolute atomic E-state index is 0.0820. The van der Waals surface area contributed by atoms with Gasteiger partial charge in [-0.05, 0) is 18.9 Å². The van der Waals surface area contributed by atoms with Gasteiger partial charge >= 0.3 is 5.97 Å². The number of nitro benzene ring substituents is 2. The zero-order valence-electron chi connectivity index (χ0n) is 10.6. The molecule has 0 amide bonds. The second-order valence-electron chi connectivity index (χ2n) is 3.93. The Morgan fingerprint density at radius 2 is 1.75 bits per heavy atom. The number of benzene rings is 1. The Balaban J connectivity index is 3.02. The van der Waals surface area contributed by atoms with Crippen molar-refractivity contribution in [3.8, 4) is 0 Å². The van der Waals surface area contributed by atoms with Gasteiger partial charge in [-0.2, -0.15) is 0 Å². The summed E-state index contributed by atoms with van der Waals surface area (Å²) in [7, 11) is 0. The van der Waals surface area contributed by atoms with E-state index in [0.717, 1.165) is 18.2 Å². The molecule has 0 radical (unpaired) electrons. The van der Waals surface area contributed by atoms with Crippen molar-refractivity contribution < 1.29 is 19.4 Å². The van der Waals surface area contributed by atoms with E-state index >= 15 is 0 Å². The molecule has 0 fully saturated rings. The fourth-order valence-corrected chi connectivity index (χ4v) is 1.57. The van der Waals surface area contributed by atoms with Gasteiger partial charge in [-0.3, -0.25) is 25.0 Å². The molecule has 2 N–H and O–H groups in total. The highest BCUT2D eigenvalue weighted by molar-refractivity contribution is 5.76. The number of hydrogen-bond donors (Lipinski definition) is 1. The van der Waals surface area contributed by atoms with E-state index in [1.54, 1.807) is 6.92 Å². The third kappa shape index (κ3) is 3.99. The van der Waals surface area contributed by atoms with E-state index in [0.29, 0.717) is 0 Å². The standard InChI is InChI=1S/C11H13N3O6/c1-2-20-11(15)10(12)5-7-3-8(13(16)17)6-9(4-7)14(18)19/h3-4,6,10H,2,5,12H2,1H3. The van der Waals surface area contributed by atoms with Crippen molar-refractivity contribution in [2.24, 2.45) is 5.73 Å². The van der Waals surface area contributed by atoms with Crippen molar-refractivity contribution >= 4 is 17.3 Å². The second kappa shape index (κ2) is 6.57. The summed E-state index contributed by atoms with van der Waals surface area (Å²) in [6.07, 6.45) is -0.0820. The lowest BCUT2D eigenvalue weighted by atomic mass is 10.1. The monoisotopic (exact) mass is 283 g/mol. The first-order valence-corrected chi connectivity index (χ1v) is 5.70. The van der Waals surface area contributed by atoms with Crippen molar-refractivity contribution in [1.82, 2.24) is 0 Å². The van der Waals surface area contributed by atoms with Crippen molar-refractivity contribution in [3.05, 3.63) is 44.0 Å². The number of ether oxygens (including phenoxy) is 1. The van der Waals surface area contributed by atoms with Crippen LogP contribution in [-0.4, -0.2) is 28.5 Å². The lowest BCUT2D eigenvalue weighted by molar-refractivity contribution is -0.394. The predicted molar refractivity (Wildman–Crippen MR) is 68.1 cm³/mol. The van der Waals surface area contributed by atoms with E-state index < -0.39 is 33.2 Å². The molecule has 0 aliphatic rings. The molecule has 1 rings (SSSR count). The van der Waals surface area contributed by atoms with Crippen LogP contribution in [0.1, 0.15) is 12.5 Å². The van der Waals surface area contributed by atoms with Crippen LogP contribution in [0.5, 0.6) is 0 Å². The first kappa shape index (κ1) is 15.5. The summed E-state index contributed by atoms with van der Waals surface area (Å²) in [5.74, 6) is -0.665. The largest absolute Gasteiger partial charge is 0.465 e. The van der Waals surface area contributed by atoms with Gasteiger partial charge in [0.15, 0.2) is 0 Å². The van der Waals surface area contributed by atoms with Crippen molar-refractivity contribution in [3.63, 3.8) is 0 Å². The van der Waals surface area contributed by atoms with E-state index in [2.05, 4.69) is 0 Å². The quantitative estimate of drug-likeness (QED) is 0.465. The highest BCUT2D eigenvalue weighted by Gasteiger charge is 2.20. The Morgan fingerprint density at radius 3 is 2.15 bits per heavy atom. The summed E-state index contributed by atoms with van der Waals surface area (Å²) < 4.78 is 4.70. The number of esters is 1. The number of carbonyl (C=O) groups excluding carboxylic acids is 1. The molecular weight excluding hydrogens is 270 g/mol. The minimum Gasteiger partial charge on any atom is -0.465 e. The topological polar surface area (TPSA) is 139 Å². The molecule has 108 valence electrons. The molecule has 1 aromatic rings. The summed E-state index contributed by atoms with van der Waals surface area (Å²) in [5, 5.41) is 21.4. The Bertz CT molecular complexity index is 513. The van der Waals surface area contributed by atoms with Crippen LogP contribution in [0.15, 0.2) is 18.2 Å². The molecule has 0 bridgehead atoms. The van der Waals surface area contributed by atoms with Crippen LogP contribution < -0.4 is 5.73 Å². The van der Waals surface area contributed by atoms with Crippen molar-refractivity contribution in [2.75, 3.05) is 6.61 Å². The summed E-state index contributed by atoms with van der Waals surface area (Å²) in [6, 6.07) is 2.11. The Kier molecular flexibility index (Phi) is 5.09. The number of hydrogen-bond acceptors (Lipinski definition) is 7. The third-order valence-electron chi connectivity index (χ3n) is 2.43. The first-order chi connectivity index (χ1) is 9.35. The number of rotatable bonds is 6. The maximum Gasteiger partial charge on any atom is 0.323 e. The molecule has 9 heteroatoms. The molecular formula is C11H13N3O6. The average molecular weight is 283 g/mol. The van der Waals surface area contributed by atoms with Crippen molar-refractivity contribution in [1.29, 1.82) is 0 Å². The molecule has 0 aromatic heterocycles. The van der Waals surface area contributed by atoms with Crippen LogP contribution in [0.2, 0.25) is 0 Å². The van der Waals surface area contributed by atoms with Crippen LogP contribution >= 0.6 is 0 Å². The molecule has 0 saturated heterocycles. The predicted octanol–water partition coefficient (Wildman–Crippen LogP) is 0.936. The fourth-order valence-electron chi connectivity index (χ4n) is 1.57. The van der Waals surface area contributed by atoms with Crippen molar-refractivity contribution in [2.45, 2.75) is 19.4 Å². The number of nitro groups is 2. The van der Waals surface area contributed by atoms with Gasteiger partial charge < -0.3 is 10.5 Å². The van der Waals surface area contributed by atoms with Gasteiger partial charge in [0, 0.05) is 12.1 Å². The number of non-ortho nitro benzene ring substituents is 2. The average Bonchev–Trinajstić information content (AvgIpc) is 2.38. The van der Waals surface area contributed by atoms with Gasteiger partial charge in [0.25, 0.3) is 11.4 Å². The smallest absolute Gasteiger partial charge is 0.323 e. The van der Waals surface area contributed by atoms with Crippen LogP contribution in [0.3, 0.4) is 0 Å². The molecule has 0 aliphatic carbocycles. The van der Waals surface area contributed by atoms with Crippen LogP contribution in [-0.2, 0) is 16.0 Å². The summed E-state index contributed by atoms with van der Waals surface area (Å²) in [5.41, 5.74) is 4.95. The molecule has 1 unspecified atom stereocenters. The van der Waals surface area contributed by atoms with Gasteiger partial charge in [-0.15, -0.1) is 0 Å². The van der Waals surface area contributed by atoms with E-state index in [1.165, 1.54) is 0 Å². The highest BCUT2D eigenvalue weighted by atomic mass is 16.6. The van der Waals surface area contributed by atoms with Gasteiger partial charge in [-0.25, -0.2) is 0 Å². The fraction of sp³-hybridized carbons (Fsp3) is 0.364. The Labute approximate surface area is 113 Å². The van der Waals surface area contributed by atoms with Gasteiger partial charge in [-0.1, -0.05) is 0 Å². The van der Waals surface area contributed by atoms with Crippen LogP contribution in [0.25, 0.3) is 0 Å². The molecule has 0 spiro atoms. The molecule has 0 heterocycles. The Morgan fingerprint density at radius 1 is 1.25 bits per heavy atom. The third-order valence-corrected chi connectivity index (χ3v) is 2.43. The van der Waals surface area contributed by atoms with E-state index in [-0.39, 0.29) is 18.6 Å². The zero-order chi connectivity index (χ0) is 15.3. The molecule has 0 saturated carbocycles. The van der Waals surface area contributed by atoms with E-state index in [9.17, 15) is 25.0 Å². The van der Waals surface area contributed by atoms with Gasteiger partial charge in [0.2, 0.25) is 0 Å². The first-order valence-electron chi connectivity index (χ1n) is 5.70. The van der Waals surface area contributed by atoms with E-state index in [1.807, 2.05) is 0 Å². The molecule has 0 aliphatic heterocycles. The maximum absolute atomic E-state index is 11.4. The van der Waals surface area contributed by atoms with E-state index in [4.69, 9.17) is 10.5 Å². The van der Waals surface area contributed by atoms with Gasteiger partial charge in [0.05, 0.1) is 22.5 Å². The SMILES string of the molecule is CCOC(=O)C(N)Cc1cc([N+](=O)[O-])cc([N+](=O)[O-])c1. The summed E-state index contributed by atoms with van der Waals surface area (Å²) >= 11 is 0. The molecule has 20 heavy (non-hydrogen) atoms. The van der Waals surface area contributed by atoms with Crippen LogP contribution in [0, 0.1) is 20.2 Å². The maximum atomic E-state index is 11.4. The minimum atomic E-state index is -1.03. The number of nitrogens with zero attached hydrogens (tertiary/aromatic N) is 2.